The molecule has 1 saturated heterocycles. The van der Waals surface area contributed by atoms with Gasteiger partial charge in [0.2, 0.25) is 0 Å². The average molecular weight is 372 g/mol. The van der Waals surface area contributed by atoms with Crippen molar-refractivity contribution in [3.8, 4) is 0 Å². The van der Waals surface area contributed by atoms with E-state index in [0.717, 1.165) is 23.7 Å². The summed E-state index contributed by atoms with van der Waals surface area (Å²) in [5.41, 5.74) is 1.35. The molecule has 0 spiro atoms. The van der Waals surface area contributed by atoms with E-state index in [1.54, 1.807) is 36.3 Å². The van der Waals surface area contributed by atoms with Gasteiger partial charge in [0.1, 0.15) is 4.90 Å². The third-order valence-electron chi connectivity index (χ3n) is 4.76. The van der Waals surface area contributed by atoms with Crippen LogP contribution in [-0.4, -0.2) is 43.4 Å². The van der Waals surface area contributed by atoms with Crippen molar-refractivity contribution in [2.24, 2.45) is 0 Å². The van der Waals surface area contributed by atoms with Crippen LogP contribution in [0.2, 0.25) is 0 Å². The van der Waals surface area contributed by atoms with Gasteiger partial charge in [-0.2, -0.15) is 5.10 Å². The van der Waals surface area contributed by atoms with Crippen LogP contribution in [0.1, 0.15) is 18.9 Å². The molecule has 7 nitrogen and oxygen atoms in total. The predicted molar refractivity (Wildman–Crippen MR) is 98.6 cm³/mol. The molecule has 1 aliphatic heterocycles. The van der Waals surface area contributed by atoms with E-state index in [1.807, 2.05) is 18.2 Å². The van der Waals surface area contributed by atoms with Crippen LogP contribution in [0.15, 0.2) is 53.8 Å². The van der Waals surface area contributed by atoms with Gasteiger partial charge in [-0.05, 0) is 37.1 Å². The average Bonchev–Trinajstić information content (AvgIpc) is 3.19. The SMILES string of the molecule is CN(c1cccc2ncccc12)S(=O)(=O)c1cnn(C2CCOCC2)c1. The van der Waals surface area contributed by atoms with Crippen molar-refractivity contribution in [3.63, 3.8) is 0 Å². The molecule has 136 valence electrons. The van der Waals surface area contributed by atoms with Gasteiger partial charge >= 0.3 is 0 Å². The van der Waals surface area contributed by atoms with Crippen molar-refractivity contribution in [1.82, 2.24) is 14.8 Å². The van der Waals surface area contributed by atoms with Gasteiger partial charge in [0.15, 0.2) is 0 Å². The Bertz CT molecular complexity index is 1020. The topological polar surface area (TPSA) is 77.3 Å². The molecule has 0 aliphatic carbocycles. The largest absolute Gasteiger partial charge is 0.381 e. The third-order valence-corrected chi connectivity index (χ3v) is 6.49. The number of ether oxygens (including phenoxy) is 1. The van der Waals surface area contributed by atoms with E-state index in [9.17, 15) is 8.42 Å². The Kier molecular flexibility index (Phi) is 4.37. The number of nitrogens with zero attached hydrogens (tertiary/aromatic N) is 4. The van der Waals surface area contributed by atoms with Gasteiger partial charge < -0.3 is 4.74 Å². The lowest BCUT2D eigenvalue weighted by atomic mass is 10.1. The summed E-state index contributed by atoms with van der Waals surface area (Å²) in [6.45, 7) is 1.35. The van der Waals surface area contributed by atoms with Gasteiger partial charge in [0.25, 0.3) is 10.0 Å². The van der Waals surface area contributed by atoms with Crippen LogP contribution < -0.4 is 4.31 Å². The van der Waals surface area contributed by atoms with E-state index in [-0.39, 0.29) is 10.9 Å². The molecule has 0 atom stereocenters. The number of pyridine rings is 1. The molecule has 0 N–H and O–H groups in total. The Balaban J connectivity index is 1.68. The fraction of sp³-hybridized carbons (Fsp3) is 0.333. The second kappa shape index (κ2) is 6.69. The fourth-order valence-corrected chi connectivity index (χ4v) is 4.41. The quantitative estimate of drug-likeness (QED) is 0.703. The van der Waals surface area contributed by atoms with Crippen molar-refractivity contribution in [1.29, 1.82) is 0 Å². The second-order valence-corrected chi connectivity index (χ2v) is 8.29. The van der Waals surface area contributed by atoms with Crippen LogP contribution in [0, 0.1) is 0 Å². The minimum atomic E-state index is -3.71. The lowest BCUT2D eigenvalue weighted by Crippen LogP contribution is -2.26. The van der Waals surface area contributed by atoms with Gasteiger partial charge in [-0.15, -0.1) is 0 Å². The van der Waals surface area contributed by atoms with E-state index < -0.39 is 10.0 Å². The van der Waals surface area contributed by atoms with E-state index in [1.165, 1.54) is 10.5 Å². The zero-order valence-corrected chi connectivity index (χ0v) is 15.3. The maximum Gasteiger partial charge on any atom is 0.267 e. The first-order valence-electron chi connectivity index (χ1n) is 8.52. The first kappa shape index (κ1) is 17.0. The molecule has 1 aromatic carbocycles. The Morgan fingerprint density at radius 2 is 2.00 bits per heavy atom. The highest BCUT2D eigenvalue weighted by molar-refractivity contribution is 7.92. The van der Waals surface area contributed by atoms with Crippen LogP contribution in [0.5, 0.6) is 0 Å². The zero-order valence-electron chi connectivity index (χ0n) is 14.4. The first-order valence-corrected chi connectivity index (χ1v) is 9.96. The molecule has 8 heteroatoms. The van der Waals surface area contributed by atoms with Crippen LogP contribution in [-0.2, 0) is 14.8 Å². The number of benzene rings is 1. The smallest absolute Gasteiger partial charge is 0.267 e. The standard InChI is InChI=1S/C18H20N4O3S/c1-21(18-6-2-5-17-16(18)4-3-9-19-17)26(23,24)15-12-20-22(13-15)14-7-10-25-11-8-14/h2-6,9,12-14H,7-8,10-11H2,1H3. The van der Waals surface area contributed by atoms with Crippen molar-refractivity contribution in [2.45, 2.75) is 23.8 Å². The second-order valence-electron chi connectivity index (χ2n) is 6.32. The third kappa shape index (κ3) is 2.95. The molecule has 0 unspecified atom stereocenters. The van der Waals surface area contributed by atoms with Gasteiger partial charge in [-0.25, -0.2) is 8.42 Å². The summed E-state index contributed by atoms with van der Waals surface area (Å²) in [6, 6.07) is 9.31. The van der Waals surface area contributed by atoms with E-state index in [0.29, 0.717) is 18.9 Å². The molecule has 2 aromatic heterocycles. The molecule has 0 radical (unpaired) electrons. The molecule has 4 rings (SSSR count). The van der Waals surface area contributed by atoms with Crippen molar-refractivity contribution < 1.29 is 13.2 Å². The first-order chi connectivity index (χ1) is 12.6. The van der Waals surface area contributed by atoms with E-state index in [4.69, 9.17) is 4.74 Å². The van der Waals surface area contributed by atoms with Crippen LogP contribution >= 0.6 is 0 Å². The van der Waals surface area contributed by atoms with E-state index in [2.05, 4.69) is 10.1 Å². The Morgan fingerprint density at radius 1 is 1.19 bits per heavy atom. The number of sulfonamides is 1. The minimum Gasteiger partial charge on any atom is -0.381 e. The van der Waals surface area contributed by atoms with Crippen molar-refractivity contribution in [3.05, 3.63) is 48.9 Å². The van der Waals surface area contributed by atoms with Gasteiger partial charge in [0.05, 0.1) is 23.4 Å². The van der Waals surface area contributed by atoms with Crippen molar-refractivity contribution in [2.75, 3.05) is 24.6 Å². The normalized spacial score (nSPS) is 16.0. The van der Waals surface area contributed by atoms with E-state index >= 15 is 0 Å². The lowest BCUT2D eigenvalue weighted by molar-refractivity contribution is 0.0662. The summed E-state index contributed by atoms with van der Waals surface area (Å²) in [5.74, 6) is 0. The zero-order chi connectivity index (χ0) is 18.1. The monoisotopic (exact) mass is 372 g/mol. The molecule has 3 heterocycles. The minimum absolute atomic E-state index is 0.180. The summed E-state index contributed by atoms with van der Waals surface area (Å²) in [7, 11) is -2.15. The Hall–Kier alpha value is -2.45. The summed E-state index contributed by atoms with van der Waals surface area (Å²) in [6.07, 6.45) is 6.41. The molecule has 1 fully saturated rings. The fourth-order valence-electron chi connectivity index (χ4n) is 3.25. The molecule has 0 amide bonds. The summed E-state index contributed by atoms with van der Waals surface area (Å²) >= 11 is 0. The predicted octanol–water partition coefficient (Wildman–Crippen LogP) is 2.61. The molecule has 26 heavy (non-hydrogen) atoms. The number of aromatic nitrogens is 3. The Morgan fingerprint density at radius 3 is 2.81 bits per heavy atom. The number of fused-ring (bicyclic) bond motifs is 1. The summed E-state index contributed by atoms with van der Waals surface area (Å²) in [4.78, 5) is 4.48. The van der Waals surface area contributed by atoms with Crippen LogP contribution in [0.3, 0.4) is 0 Å². The summed E-state index contributed by atoms with van der Waals surface area (Å²) in [5, 5.41) is 5.08. The molecular weight excluding hydrogens is 352 g/mol. The maximum atomic E-state index is 13.1. The van der Waals surface area contributed by atoms with Crippen LogP contribution in [0.4, 0.5) is 5.69 Å². The maximum absolute atomic E-state index is 13.1. The Labute approximate surface area is 152 Å². The van der Waals surface area contributed by atoms with Gasteiger partial charge in [-0.3, -0.25) is 14.0 Å². The molecule has 1 aliphatic rings. The number of hydrogen-bond donors (Lipinski definition) is 0. The number of anilines is 1. The molecule has 3 aromatic rings. The highest BCUT2D eigenvalue weighted by Crippen LogP contribution is 2.29. The number of rotatable bonds is 4. The van der Waals surface area contributed by atoms with Gasteiger partial charge in [-0.1, -0.05) is 6.07 Å². The van der Waals surface area contributed by atoms with Crippen molar-refractivity contribution >= 4 is 26.6 Å². The molecular formula is C18H20N4O3S. The highest BCUT2D eigenvalue weighted by Gasteiger charge is 2.26. The van der Waals surface area contributed by atoms with Crippen LogP contribution in [0.25, 0.3) is 10.9 Å². The lowest BCUT2D eigenvalue weighted by Gasteiger charge is -2.22. The van der Waals surface area contributed by atoms with Gasteiger partial charge in [0, 0.05) is 38.0 Å². The highest BCUT2D eigenvalue weighted by atomic mass is 32.2. The molecule has 0 saturated carbocycles. The summed E-state index contributed by atoms with van der Waals surface area (Å²) < 4.78 is 34.6. The molecule has 0 bridgehead atoms. The number of hydrogen-bond acceptors (Lipinski definition) is 5.